The molecule has 1 aliphatic rings. The molecule has 0 saturated carbocycles. The zero-order valence-electron chi connectivity index (χ0n) is 22.6. The first-order chi connectivity index (χ1) is 19.2. The molecule has 0 aromatic heterocycles. The summed E-state index contributed by atoms with van der Waals surface area (Å²) in [6.45, 7) is 8.52. The molecule has 39 heavy (non-hydrogen) atoms. The number of carbonyl (C=O) groups excluding carboxylic acids is 2. The zero-order chi connectivity index (χ0) is 27.5. The van der Waals surface area contributed by atoms with E-state index in [2.05, 4.69) is 18.0 Å². The van der Waals surface area contributed by atoms with Crippen molar-refractivity contribution < 1.29 is 28.5 Å². The van der Waals surface area contributed by atoms with Crippen LogP contribution in [-0.2, 0) is 35.1 Å². The van der Waals surface area contributed by atoms with Crippen LogP contribution in [-0.4, -0.2) is 71.2 Å². The summed E-state index contributed by atoms with van der Waals surface area (Å²) in [7, 11) is 0. The lowest BCUT2D eigenvalue weighted by Gasteiger charge is -2.27. The van der Waals surface area contributed by atoms with Crippen LogP contribution in [0.2, 0.25) is 0 Å². The van der Waals surface area contributed by atoms with Gasteiger partial charge in [0.2, 0.25) is 11.8 Å². The summed E-state index contributed by atoms with van der Waals surface area (Å²) in [5.41, 5.74) is 3.98. The lowest BCUT2D eigenvalue weighted by molar-refractivity contribution is -0.125. The van der Waals surface area contributed by atoms with E-state index in [0.717, 1.165) is 28.8 Å². The summed E-state index contributed by atoms with van der Waals surface area (Å²) in [6, 6.07) is 15.9. The highest BCUT2D eigenvalue weighted by Gasteiger charge is 2.21. The second kappa shape index (κ2) is 18.1. The van der Waals surface area contributed by atoms with E-state index in [1.54, 1.807) is 4.90 Å². The predicted octanol–water partition coefficient (Wildman–Crippen LogP) is 4.24. The second-order valence-electron chi connectivity index (χ2n) is 8.95. The monoisotopic (exact) mass is 536 g/mol. The van der Waals surface area contributed by atoms with E-state index in [0.29, 0.717) is 65.9 Å². The third-order valence-corrected chi connectivity index (χ3v) is 6.07. The van der Waals surface area contributed by atoms with E-state index in [-0.39, 0.29) is 24.7 Å². The molecule has 3 rings (SSSR count). The average molecular weight is 537 g/mol. The molecule has 210 valence electrons. The second-order valence-corrected chi connectivity index (χ2v) is 8.95. The molecular formula is C31H40N2O6. The van der Waals surface area contributed by atoms with Crippen molar-refractivity contribution in [3.63, 3.8) is 0 Å². The van der Waals surface area contributed by atoms with Gasteiger partial charge in [0, 0.05) is 19.4 Å². The topological polar surface area (TPSA) is 86.3 Å². The Kier molecular flexibility index (Phi) is 14.0. The van der Waals surface area contributed by atoms with Gasteiger partial charge in [0.15, 0.2) is 0 Å². The highest BCUT2D eigenvalue weighted by molar-refractivity contribution is 5.98. The largest absolute Gasteiger partial charge is 0.379 e. The summed E-state index contributed by atoms with van der Waals surface area (Å²) in [5.74, 6) is -0.255. The van der Waals surface area contributed by atoms with E-state index in [9.17, 15) is 9.59 Å². The Morgan fingerprint density at radius 1 is 0.769 bits per heavy atom. The standard InChI is InChI=1S/C31H40N2O6/c1-2-3-17-36-19-21-38-23-24-39-22-20-37-18-16-32-30(34)14-15-31(35)33-25-28-10-5-4-8-26(28)12-13-27-9-6-7-11-29(27)33/h2,4-13H,1,3,14-25H2,(H,32,34)/b13-12-. The normalized spacial score (nSPS) is 13.1. The van der Waals surface area contributed by atoms with Crippen molar-refractivity contribution >= 4 is 29.7 Å². The van der Waals surface area contributed by atoms with Crippen molar-refractivity contribution in [3.8, 4) is 0 Å². The Morgan fingerprint density at radius 3 is 2.08 bits per heavy atom. The maximum Gasteiger partial charge on any atom is 0.227 e. The van der Waals surface area contributed by atoms with Crippen LogP contribution >= 0.6 is 0 Å². The fourth-order valence-electron chi connectivity index (χ4n) is 4.01. The van der Waals surface area contributed by atoms with Gasteiger partial charge < -0.3 is 29.2 Å². The van der Waals surface area contributed by atoms with Crippen LogP contribution in [0.1, 0.15) is 36.0 Å². The number of nitrogens with one attached hydrogen (secondary N) is 1. The predicted molar refractivity (Wildman–Crippen MR) is 153 cm³/mol. The summed E-state index contributed by atoms with van der Waals surface area (Å²) < 4.78 is 21.7. The van der Waals surface area contributed by atoms with Gasteiger partial charge in [-0.25, -0.2) is 0 Å². The smallest absolute Gasteiger partial charge is 0.227 e. The first-order valence-electron chi connectivity index (χ1n) is 13.5. The first kappa shape index (κ1) is 30.2. The lowest BCUT2D eigenvalue weighted by atomic mass is 10.0. The number of amides is 2. The van der Waals surface area contributed by atoms with Gasteiger partial charge in [0.25, 0.3) is 0 Å². The van der Waals surface area contributed by atoms with Crippen molar-refractivity contribution in [3.05, 3.63) is 77.9 Å². The summed E-state index contributed by atoms with van der Waals surface area (Å²) in [6.07, 6.45) is 7.03. The van der Waals surface area contributed by atoms with E-state index in [1.807, 2.05) is 60.7 Å². The Labute approximate surface area is 231 Å². The van der Waals surface area contributed by atoms with Crippen molar-refractivity contribution in [2.24, 2.45) is 0 Å². The minimum Gasteiger partial charge on any atom is -0.379 e. The highest BCUT2D eigenvalue weighted by atomic mass is 16.6. The maximum absolute atomic E-state index is 13.2. The number of nitrogens with zero attached hydrogens (tertiary/aromatic N) is 1. The van der Waals surface area contributed by atoms with Gasteiger partial charge >= 0.3 is 0 Å². The van der Waals surface area contributed by atoms with Crippen LogP contribution in [0.25, 0.3) is 12.2 Å². The van der Waals surface area contributed by atoms with Gasteiger partial charge in [-0.15, -0.1) is 6.58 Å². The molecular weight excluding hydrogens is 496 g/mol. The number of para-hydroxylation sites is 1. The van der Waals surface area contributed by atoms with Gasteiger partial charge in [-0.3, -0.25) is 9.59 Å². The molecule has 2 aromatic carbocycles. The molecule has 0 spiro atoms. The van der Waals surface area contributed by atoms with Crippen LogP contribution in [0.5, 0.6) is 0 Å². The van der Waals surface area contributed by atoms with Gasteiger partial charge in [-0.05, 0) is 29.2 Å². The third kappa shape index (κ3) is 11.1. The molecule has 0 unspecified atom stereocenters. The molecule has 1 aliphatic heterocycles. The minimum absolute atomic E-state index is 0.0831. The molecule has 1 N–H and O–H groups in total. The number of hydrogen-bond donors (Lipinski definition) is 1. The van der Waals surface area contributed by atoms with Crippen LogP contribution < -0.4 is 10.2 Å². The number of rotatable bonds is 18. The van der Waals surface area contributed by atoms with Crippen molar-refractivity contribution in [1.29, 1.82) is 0 Å². The quantitative estimate of drug-likeness (QED) is 0.227. The molecule has 2 aromatic rings. The molecule has 0 bridgehead atoms. The van der Waals surface area contributed by atoms with Gasteiger partial charge in [0.05, 0.1) is 65.1 Å². The zero-order valence-corrected chi connectivity index (χ0v) is 22.6. The van der Waals surface area contributed by atoms with E-state index in [4.69, 9.17) is 18.9 Å². The Bertz CT molecular complexity index is 1070. The average Bonchev–Trinajstić information content (AvgIpc) is 2.95. The van der Waals surface area contributed by atoms with Gasteiger partial charge in [-0.1, -0.05) is 60.7 Å². The number of fused-ring (bicyclic) bond motifs is 2. The van der Waals surface area contributed by atoms with Crippen LogP contribution in [0.3, 0.4) is 0 Å². The molecule has 0 atom stereocenters. The van der Waals surface area contributed by atoms with E-state index in [1.165, 1.54) is 0 Å². The van der Waals surface area contributed by atoms with E-state index >= 15 is 0 Å². The molecule has 8 heteroatoms. The highest BCUT2D eigenvalue weighted by Crippen LogP contribution is 2.29. The molecule has 0 radical (unpaired) electrons. The summed E-state index contributed by atoms with van der Waals surface area (Å²) in [4.78, 5) is 27.3. The Hall–Kier alpha value is -3.30. The van der Waals surface area contributed by atoms with Crippen molar-refractivity contribution in [1.82, 2.24) is 5.32 Å². The number of hydrogen-bond acceptors (Lipinski definition) is 6. The molecule has 2 amide bonds. The van der Waals surface area contributed by atoms with Crippen LogP contribution in [0.4, 0.5) is 5.69 Å². The number of carbonyl (C=O) groups is 2. The van der Waals surface area contributed by atoms with Crippen LogP contribution in [0.15, 0.2) is 61.2 Å². The van der Waals surface area contributed by atoms with Gasteiger partial charge in [0.1, 0.15) is 0 Å². The SMILES string of the molecule is C=CCCOCCOCCOCCOCCNC(=O)CCC(=O)N1Cc2ccccc2/C=C\c2ccccc21. The lowest BCUT2D eigenvalue weighted by Crippen LogP contribution is -2.33. The molecule has 1 heterocycles. The van der Waals surface area contributed by atoms with Crippen molar-refractivity contribution in [2.75, 3.05) is 64.3 Å². The van der Waals surface area contributed by atoms with E-state index < -0.39 is 0 Å². The summed E-state index contributed by atoms with van der Waals surface area (Å²) >= 11 is 0. The molecule has 0 aliphatic carbocycles. The summed E-state index contributed by atoms with van der Waals surface area (Å²) in [5, 5.41) is 2.82. The van der Waals surface area contributed by atoms with Crippen LogP contribution in [0, 0.1) is 0 Å². The third-order valence-electron chi connectivity index (χ3n) is 6.07. The Balaban J connectivity index is 1.27. The molecule has 8 nitrogen and oxygen atoms in total. The maximum atomic E-state index is 13.2. The molecule has 0 saturated heterocycles. The number of benzene rings is 2. The fourth-order valence-corrected chi connectivity index (χ4v) is 4.01. The fraction of sp³-hybridized carbons (Fsp3) is 0.419. The minimum atomic E-state index is -0.172. The molecule has 0 fully saturated rings. The number of ether oxygens (including phenoxy) is 4. The van der Waals surface area contributed by atoms with Gasteiger partial charge in [-0.2, -0.15) is 0 Å². The first-order valence-corrected chi connectivity index (χ1v) is 13.5. The van der Waals surface area contributed by atoms with Crippen molar-refractivity contribution in [2.45, 2.75) is 25.8 Å². The Morgan fingerprint density at radius 2 is 1.36 bits per heavy atom. The number of anilines is 1.